The van der Waals surface area contributed by atoms with Crippen LogP contribution in [0, 0.1) is 5.82 Å². The van der Waals surface area contributed by atoms with Crippen molar-refractivity contribution < 1.29 is 14.0 Å². The standard InChI is InChI=1S/C21H21ClFN3O2/c1-25-18-11-13(20(27)24-14-7-9-16(22)17(23)12-14)6-8-15(18)21(28)26-10-4-2-3-5-19(25)26/h6-9,11-12,19H,2-5,10H2,1H3,(H,24,27). The molecule has 2 aliphatic heterocycles. The van der Waals surface area contributed by atoms with Crippen LogP contribution in [0.5, 0.6) is 0 Å². The molecular formula is C21H21ClFN3O2. The molecule has 1 atom stereocenters. The van der Waals surface area contributed by atoms with E-state index in [1.807, 2.05) is 11.9 Å². The number of fused-ring (bicyclic) bond motifs is 2. The number of halogens is 2. The van der Waals surface area contributed by atoms with Gasteiger partial charge in [0.15, 0.2) is 0 Å². The van der Waals surface area contributed by atoms with E-state index in [9.17, 15) is 14.0 Å². The Bertz CT molecular complexity index is 949. The summed E-state index contributed by atoms with van der Waals surface area (Å²) in [6.45, 7) is 0.762. The van der Waals surface area contributed by atoms with E-state index in [2.05, 4.69) is 10.2 Å². The molecule has 1 unspecified atom stereocenters. The maximum absolute atomic E-state index is 13.6. The van der Waals surface area contributed by atoms with Crippen molar-refractivity contribution in [1.82, 2.24) is 4.90 Å². The topological polar surface area (TPSA) is 52.7 Å². The zero-order chi connectivity index (χ0) is 19.8. The number of hydrogen-bond donors (Lipinski definition) is 1. The number of benzene rings is 2. The highest BCUT2D eigenvalue weighted by Gasteiger charge is 2.36. The van der Waals surface area contributed by atoms with Crippen LogP contribution in [-0.2, 0) is 0 Å². The Labute approximate surface area is 168 Å². The molecule has 2 heterocycles. The van der Waals surface area contributed by atoms with Crippen molar-refractivity contribution in [1.29, 1.82) is 0 Å². The van der Waals surface area contributed by atoms with Gasteiger partial charge in [0.1, 0.15) is 12.0 Å². The molecule has 0 bridgehead atoms. The van der Waals surface area contributed by atoms with Gasteiger partial charge in [-0.3, -0.25) is 9.59 Å². The highest BCUT2D eigenvalue weighted by molar-refractivity contribution is 6.30. The predicted molar refractivity (Wildman–Crippen MR) is 108 cm³/mol. The maximum Gasteiger partial charge on any atom is 0.257 e. The molecule has 146 valence electrons. The number of carbonyl (C=O) groups excluding carboxylic acids is 2. The third-order valence-electron chi connectivity index (χ3n) is 5.48. The summed E-state index contributed by atoms with van der Waals surface area (Å²) in [5.74, 6) is -0.941. The third kappa shape index (κ3) is 3.33. The second kappa shape index (κ2) is 7.43. The number of anilines is 2. The average molecular weight is 402 g/mol. The molecule has 0 aliphatic carbocycles. The first-order valence-corrected chi connectivity index (χ1v) is 9.78. The van der Waals surface area contributed by atoms with Gasteiger partial charge in [0.25, 0.3) is 11.8 Å². The van der Waals surface area contributed by atoms with Crippen molar-refractivity contribution in [3.8, 4) is 0 Å². The Balaban J connectivity index is 1.62. The van der Waals surface area contributed by atoms with Gasteiger partial charge in [-0.1, -0.05) is 18.0 Å². The quantitative estimate of drug-likeness (QED) is 0.804. The van der Waals surface area contributed by atoms with Crippen LogP contribution in [0.4, 0.5) is 15.8 Å². The second-order valence-electron chi connectivity index (χ2n) is 7.25. The summed E-state index contributed by atoms with van der Waals surface area (Å²) in [4.78, 5) is 29.6. The van der Waals surface area contributed by atoms with E-state index >= 15 is 0 Å². The molecule has 2 aromatic carbocycles. The third-order valence-corrected chi connectivity index (χ3v) is 5.78. The summed E-state index contributed by atoms with van der Waals surface area (Å²) < 4.78 is 13.6. The van der Waals surface area contributed by atoms with Gasteiger partial charge in [-0.25, -0.2) is 4.39 Å². The second-order valence-corrected chi connectivity index (χ2v) is 7.66. The first kappa shape index (κ1) is 18.7. The Hall–Kier alpha value is -2.60. The molecule has 2 amide bonds. The summed E-state index contributed by atoms with van der Waals surface area (Å²) in [5, 5.41) is 2.67. The van der Waals surface area contributed by atoms with Crippen LogP contribution in [0.15, 0.2) is 36.4 Å². The van der Waals surface area contributed by atoms with E-state index < -0.39 is 5.82 Å². The van der Waals surface area contributed by atoms with Gasteiger partial charge in [-0.05, 0) is 55.7 Å². The fraction of sp³-hybridized carbons (Fsp3) is 0.333. The minimum Gasteiger partial charge on any atom is -0.354 e. The highest BCUT2D eigenvalue weighted by Crippen LogP contribution is 2.34. The molecule has 0 saturated carbocycles. The number of amides is 2. The molecule has 28 heavy (non-hydrogen) atoms. The fourth-order valence-corrected chi connectivity index (χ4v) is 4.09. The van der Waals surface area contributed by atoms with Gasteiger partial charge in [-0.2, -0.15) is 0 Å². The molecule has 5 nitrogen and oxygen atoms in total. The average Bonchev–Trinajstić information content (AvgIpc) is 2.95. The lowest BCUT2D eigenvalue weighted by Gasteiger charge is -2.43. The lowest BCUT2D eigenvalue weighted by Crippen LogP contribution is -2.53. The van der Waals surface area contributed by atoms with Gasteiger partial charge in [-0.15, -0.1) is 0 Å². The van der Waals surface area contributed by atoms with E-state index in [1.165, 1.54) is 12.1 Å². The molecule has 1 N–H and O–H groups in total. The van der Waals surface area contributed by atoms with Crippen molar-refractivity contribution in [3.63, 3.8) is 0 Å². The van der Waals surface area contributed by atoms with Crippen molar-refractivity contribution in [3.05, 3.63) is 58.4 Å². The number of rotatable bonds is 2. The molecule has 0 aromatic heterocycles. The van der Waals surface area contributed by atoms with Crippen LogP contribution in [0.1, 0.15) is 46.4 Å². The van der Waals surface area contributed by atoms with Gasteiger partial charge >= 0.3 is 0 Å². The van der Waals surface area contributed by atoms with Crippen molar-refractivity contribution in [2.24, 2.45) is 0 Å². The fourth-order valence-electron chi connectivity index (χ4n) is 3.97. The van der Waals surface area contributed by atoms with E-state index in [-0.39, 0.29) is 23.0 Å². The number of nitrogens with one attached hydrogen (secondary N) is 1. The summed E-state index contributed by atoms with van der Waals surface area (Å²) >= 11 is 5.68. The highest BCUT2D eigenvalue weighted by atomic mass is 35.5. The molecule has 0 radical (unpaired) electrons. The van der Waals surface area contributed by atoms with Gasteiger partial charge in [0.2, 0.25) is 0 Å². The normalized spacial score (nSPS) is 19.0. The minimum atomic E-state index is -0.594. The molecular weight excluding hydrogens is 381 g/mol. The van der Waals surface area contributed by atoms with Crippen LogP contribution in [0.2, 0.25) is 5.02 Å². The number of carbonyl (C=O) groups is 2. The molecule has 2 aliphatic rings. The Morgan fingerprint density at radius 1 is 1.18 bits per heavy atom. The molecule has 4 rings (SSSR count). The molecule has 1 saturated heterocycles. The van der Waals surface area contributed by atoms with Gasteiger partial charge in [0.05, 0.1) is 16.3 Å². The monoisotopic (exact) mass is 401 g/mol. The number of hydrogen-bond acceptors (Lipinski definition) is 3. The lowest BCUT2D eigenvalue weighted by molar-refractivity contribution is 0.0661. The van der Waals surface area contributed by atoms with Gasteiger partial charge in [0, 0.05) is 24.8 Å². The minimum absolute atomic E-state index is 0.000119. The molecule has 2 aromatic rings. The van der Waals surface area contributed by atoms with Crippen LogP contribution in [0.3, 0.4) is 0 Å². The Morgan fingerprint density at radius 3 is 2.79 bits per heavy atom. The zero-order valence-electron chi connectivity index (χ0n) is 15.5. The summed E-state index contributed by atoms with van der Waals surface area (Å²) in [6, 6.07) is 9.18. The molecule has 1 fully saturated rings. The van der Waals surface area contributed by atoms with Crippen molar-refractivity contribution >= 4 is 34.8 Å². The SMILES string of the molecule is CN1c2cc(C(=O)Nc3ccc(Cl)c(F)c3)ccc2C(=O)N2CCCCCC21. The summed E-state index contributed by atoms with van der Waals surface area (Å²) in [5.41, 5.74) is 2.10. The smallest absolute Gasteiger partial charge is 0.257 e. The van der Waals surface area contributed by atoms with Crippen molar-refractivity contribution in [2.75, 3.05) is 23.8 Å². The maximum atomic E-state index is 13.6. The van der Waals surface area contributed by atoms with Crippen LogP contribution >= 0.6 is 11.6 Å². The summed E-state index contributed by atoms with van der Waals surface area (Å²) in [7, 11) is 1.96. The van der Waals surface area contributed by atoms with Crippen LogP contribution in [-0.4, -0.2) is 36.5 Å². The van der Waals surface area contributed by atoms with E-state index in [0.29, 0.717) is 16.8 Å². The first-order chi connectivity index (χ1) is 13.5. The predicted octanol–water partition coefficient (Wildman–Crippen LogP) is 4.52. The number of nitrogens with zero attached hydrogens (tertiary/aromatic N) is 2. The molecule has 0 spiro atoms. The molecule has 7 heteroatoms. The first-order valence-electron chi connectivity index (χ1n) is 9.40. The van der Waals surface area contributed by atoms with Gasteiger partial charge < -0.3 is 15.1 Å². The van der Waals surface area contributed by atoms with Crippen LogP contribution in [0.25, 0.3) is 0 Å². The Morgan fingerprint density at radius 2 is 2.00 bits per heavy atom. The largest absolute Gasteiger partial charge is 0.354 e. The van der Waals surface area contributed by atoms with Crippen LogP contribution < -0.4 is 10.2 Å². The zero-order valence-corrected chi connectivity index (χ0v) is 16.3. The van der Waals surface area contributed by atoms with Crippen molar-refractivity contribution in [2.45, 2.75) is 31.8 Å². The summed E-state index contributed by atoms with van der Waals surface area (Å²) in [6.07, 6.45) is 4.16. The lowest BCUT2D eigenvalue weighted by atomic mass is 10.0. The Kier molecular flexibility index (Phi) is 4.98. The van der Waals surface area contributed by atoms with E-state index in [1.54, 1.807) is 24.3 Å². The van der Waals surface area contributed by atoms with E-state index in [0.717, 1.165) is 37.9 Å². The van der Waals surface area contributed by atoms with E-state index in [4.69, 9.17) is 11.6 Å².